The van der Waals surface area contributed by atoms with Gasteiger partial charge in [-0.15, -0.1) is 0 Å². The highest BCUT2D eigenvalue weighted by Gasteiger charge is 2.27. The number of nitrogens with zero attached hydrogens (tertiary/aromatic N) is 2. The van der Waals surface area contributed by atoms with Crippen LogP contribution in [0.15, 0.2) is 255 Å². The van der Waals surface area contributed by atoms with Crippen LogP contribution in [0.2, 0.25) is 0 Å². The summed E-state index contributed by atoms with van der Waals surface area (Å²) in [4.78, 5) is 4.17. The standard InChI is InChI=1S/C64H42F2N2/c65-55-37-31-49(43-17-5-1-6-18-43)41-61(55)67(57-27-15-13-25-51(57)45-21-9-3-10-22-45)59-39-33-47-30-36-54-60(40-34-48-29-35-53(59)63(47)64(48)54)68(58-28-16-14-26-52(58)46-23-11-4-12-24-46)62-42-50(32-38-56(62)66)44-19-7-2-8-20-44/h1-42H. The molecule has 0 aromatic heterocycles. The highest BCUT2D eigenvalue weighted by Crippen LogP contribution is 2.51. The first kappa shape index (κ1) is 40.6. The molecule has 0 spiro atoms. The van der Waals surface area contributed by atoms with E-state index in [2.05, 4.69) is 131 Å². The van der Waals surface area contributed by atoms with Crippen molar-refractivity contribution in [1.29, 1.82) is 0 Å². The molecule has 4 heteroatoms. The van der Waals surface area contributed by atoms with E-state index in [-0.39, 0.29) is 11.6 Å². The summed E-state index contributed by atoms with van der Waals surface area (Å²) >= 11 is 0. The Morgan fingerprint density at radius 2 is 0.574 bits per heavy atom. The Bertz CT molecular complexity index is 3510. The van der Waals surface area contributed by atoms with E-state index >= 15 is 8.78 Å². The molecule has 12 aromatic rings. The molecule has 322 valence electrons. The van der Waals surface area contributed by atoms with Crippen LogP contribution in [0.1, 0.15) is 0 Å². The minimum Gasteiger partial charge on any atom is -0.306 e. The Morgan fingerprint density at radius 1 is 0.235 bits per heavy atom. The molecule has 0 aliphatic heterocycles. The fourth-order valence-corrected chi connectivity index (χ4v) is 9.99. The van der Waals surface area contributed by atoms with Gasteiger partial charge in [-0.2, -0.15) is 0 Å². The van der Waals surface area contributed by atoms with Gasteiger partial charge in [0, 0.05) is 21.9 Å². The highest BCUT2D eigenvalue weighted by atomic mass is 19.1. The SMILES string of the molecule is Fc1ccc(-c2ccccc2)cc1N(c1ccccc1-c1ccccc1)c1ccc2ccc3c(N(c4cc(-c5ccccc5)ccc4F)c4ccccc4-c4ccccc4)ccc4ccc1c2c43. The van der Waals surface area contributed by atoms with Gasteiger partial charge in [-0.05, 0) is 103 Å². The van der Waals surface area contributed by atoms with E-state index in [0.717, 1.165) is 99.6 Å². The van der Waals surface area contributed by atoms with Gasteiger partial charge in [0.25, 0.3) is 0 Å². The number of anilines is 6. The van der Waals surface area contributed by atoms with Crippen LogP contribution >= 0.6 is 0 Å². The van der Waals surface area contributed by atoms with Crippen molar-refractivity contribution in [2.24, 2.45) is 0 Å². The maximum Gasteiger partial charge on any atom is 0.147 e. The third-order valence-electron chi connectivity index (χ3n) is 13.1. The maximum absolute atomic E-state index is 16.9. The van der Waals surface area contributed by atoms with Gasteiger partial charge in [0.15, 0.2) is 0 Å². The van der Waals surface area contributed by atoms with Gasteiger partial charge in [-0.1, -0.05) is 206 Å². The average molecular weight is 877 g/mol. The normalized spacial score (nSPS) is 11.4. The number of hydrogen-bond donors (Lipinski definition) is 0. The Hall–Kier alpha value is -8.86. The molecule has 0 aliphatic rings. The second-order valence-electron chi connectivity index (χ2n) is 17.1. The van der Waals surface area contributed by atoms with Crippen molar-refractivity contribution in [3.05, 3.63) is 266 Å². The van der Waals surface area contributed by atoms with Gasteiger partial charge in [-0.25, -0.2) is 8.78 Å². The van der Waals surface area contributed by atoms with Crippen LogP contribution in [0.3, 0.4) is 0 Å². The van der Waals surface area contributed by atoms with Crippen LogP contribution in [0.5, 0.6) is 0 Å². The number of halogens is 2. The molecular formula is C64H42F2N2. The largest absolute Gasteiger partial charge is 0.306 e. The Labute approximate surface area is 394 Å². The summed E-state index contributed by atoms with van der Waals surface area (Å²) < 4.78 is 33.9. The van der Waals surface area contributed by atoms with E-state index in [1.165, 1.54) is 0 Å². The molecule has 0 aliphatic carbocycles. The van der Waals surface area contributed by atoms with Crippen LogP contribution in [-0.2, 0) is 0 Å². The lowest BCUT2D eigenvalue weighted by Gasteiger charge is -2.31. The van der Waals surface area contributed by atoms with Crippen LogP contribution in [0.4, 0.5) is 42.9 Å². The van der Waals surface area contributed by atoms with E-state index in [9.17, 15) is 0 Å². The zero-order valence-corrected chi connectivity index (χ0v) is 36.9. The van der Waals surface area contributed by atoms with Gasteiger partial charge >= 0.3 is 0 Å². The Kier molecular flexibility index (Phi) is 10.3. The minimum absolute atomic E-state index is 0.340. The smallest absolute Gasteiger partial charge is 0.147 e. The molecule has 0 unspecified atom stereocenters. The third-order valence-corrected chi connectivity index (χ3v) is 13.1. The van der Waals surface area contributed by atoms with Crippen LogP contribution in [0.25, 0.3) is 76.8 Å². The Morgan fingerprint density at radius 3 is 0.971 bits per heavy atom. The zero-order valence-electron chi connectivity index (χ0n) is 36.9. The van der Waals surface area contributed by atoms with Crippen molar-refractivity contribution in [1.82, 2.24) is 0 Å². The predicted octanol–water partition coefficient (Wildman–Crippen LogP) is 18.5. The van der Waals surface area contributed by atoms with Crippen molar-refractivity contribution >= 4 is 66.4 Å². The molecule has 12 rings (SSSR count). The number of rotatable bonds is 10. The molecule has 0 amide bonds. The lowest BCUT2D eigenvalue weighted by molar-refractivity contribution is 0.628. The second-order valence-corrected chi connectivity index (χ2v) is 17.1. The van der Waals surface area contributed by atoms with Crippen molar-refractivity contribution in [3.8, 4) is 44.5 Å². The van der Waals surface area contributed by atoms with E-state index in [1.807, 2.05) is 121 Å². The molecule has 12 aromatic carbocycles. The fraction of sp³-hybridized carbons (Fsp3) is 0. The van der Waals surface area contributed by atoms with Crippen LogP contribution in [0, 0.1) is 11.6 Å². The number of hydrogen-bond acceptors (Lipinski definition) is 2. The van der Waals surface area contributed by atoms with Crippen molar-refractivity contribution in [3.63, 3.8) is 0 Å². The maximum atomic E-state index is 16.9. The fourth-order valence-electron chi connectivity index (χ4n) is 9.99. The molecule has 2 nitrogen and oxygen atoms in total. The molecule has 0 atom stereocenters. The lowest BCUT2D eigenvalue weighted by atomic mass is 9.91. The first-order valence-electron chi connectivity index (χ1n) is 22.9. The first-order valence-corrected chi connectivity index (χ1v) is 22.9. The number of benzene rings is 12. The summed E-state index contributed by atoms with van der Waals surface area (Å²) in [5, 5.41) is 6.08. The molecule has 0 saturated heterocycles. The topological polar surface area (TPSA) is 6.48 Å². The van der Waals surface area contributed by atoms with Crippen LogP contribution < -0.4 is 9.80 Å². The molecule has 0 fully saturated rings. The van der Waals surface area contributed by atoms with Gasteiger partial charge in [0.1, 0.15) is 11.6 Å². The number of para-hydroxylation sites is 2. The summed E-state index contributed by atoms with van der Waals surface area (Å²) in [6, 6.07) is 85.2. The summed E-state index contributed by atoms with van der Waals surface area (Å²) in [5.41, 5.74) is 12.0. The molecule has 0 radical (unpaired) electrons. The first-order chi connectivity index (χ1) is 33.6. The molecule has 0 saturated carbocycles. The van der Waals surface area contributed by atoms with Crippen molar-refractivity contribution in [2.45, 2.75) is 0 Å². The summed E-state index contributed by atoms with van der Waals surface area (Å²) in [7, 11) is 0. The summed E-state index contributed by atoms with van der Waals surface area (Å²) in [6.45, 7) is 0. The van der Waals surface area contributed by atoms with Crippen LogP contribution in [-0.4, -0.2) is 0 Å². The third kappa shape index (κ3) is 7.11. The monoisotopic (exact) mass is 876 g/mol. The molecule has 0 bridgehead atoms. The van der Waals surface area contributed by atoms with E-state index < -0.39 is 0 Å². The zero-order chi connectivity index (χ0) is 45.6. The van der Waals surface area contributed by atoms with Crippen molar-refractivity contribution in [2.75, 3.05) is 9.80 Å². The van der Waals surface area contributed by atoms with E-state index in [4.69, 9.17) is 0 Å². The second kappa shape index (κ2) is 17.2. The van der Waals surface area contributed by atoms with E-state index in [1.54, 1.807) is 12.1 Å². The predicted molar refractivity (Wildman–Crippen MR) is 281 cm³/mol. The summed E-state index contributed by atoms with van der Waals surface area (Å²) in [6.07, 6.45) is 0. The lowest BCUT2D eigenvalue weighted by Crippen LogP contribution is -2.14. The van der Waals surface area contributed by atoms with Gasteiger partial charge in [0.2, 0.25) is 0 Å². The molecule has 0 heterocycles. The molecule has 68 heavy (non-hydrogen) atoms. The van der Waals surface area contributed by atoms with Gasteiger partial charge in [0.05, 0.1) is 34.1 Å². The average Bonchev–Trinajstić information content (AvgIpc) is 3.41. The van der Waals surface area contributed by atoms with Gasteiger partial charge in [-0.3, -0.25) is 0 Å². The van der Waals surface area contributed by atoms with Gasteiger partial charge < -0.3 is 9.80 Å². The quantitative estimate of drug-likeness (QED) is 0.126. The van der Waals surface area contributed by atoms with E-state index in [0.29, 0.717) is 11.4 Å². The molecular weight excluding hydrogens is 835 g/mol. The summed E-state index contributed by atoms with van der Waals surface area (Å²) in [5.74, 6) is -0.680. The van der Waals surface area contributed by atoms with Crippen molar-refractivity contribution < 1.29 is 8.78 Å². The molecule has 0 N–H and O–H groups in total. The Balaban J connectivity index is 1.13. The minimum atomic E-state index is -0.340. The highest BCUT2D eigenvalue weighted by molar-refractivity contribution is 6.28.